The van der Waals surface area contributed by atoms with Gasteiger partial charge >= 0.3 is 6.09 Å². The number of terminal acetylenes is 1. The normalized spacial score (nSPS) is 17.0. The lowest BCUT2D eigenvalue weighted by molar-refractivity contribution is 0.153. The van der Waals surface area contributed by atoms with E-state index in [9.17, 15) is 4.79 Å². The van der Waals surface area contributed by atoms with Gasteiger partial charge < -0.3 is 4.74 Å². The summed E-state index contributed by atoms with van der Waals surface area (Å²) in [4.78, 5) is 20.8. The molecule has 0 N–H and O–H groups in total. The summed E-state index contributed by atoms with van der Waals surface area (Å²) in [6.45, 7) is 0.843. The van der Waals surface area contributed by atoms with E-state index in [1.165, 1.54) is 4.90 Å². The average Bonchev–Trinajstić information content (AvgIpc) is 2.68. The Balaban J connectivity index is 2.26. The molecular formula is C10H9N3O2. The fourth-order valence-electron chi connectivity index (χ4n) is 1.40. The number of amides is 1. The molecule has 0 bridgehead atoms. The predicted molar refractivity (Wildman–Crippen MR) is 51.7 cm³/mol. The van der Waals surface area contributed by atoms with Crippen LogP contribution < -0.4 is 0 Å². The lowest BCUT2D eigenvalue weighted by atomic mass is 10.2. The number of aromatic nitrogens is 2. The highest BCUT2D eigenvalue weighted by atomic mass is 16.6. The van der Waals surface area contributed by atoms with Crippen LogP contribution in [0.25, 0.3) is 0 Å². The van der Waals surface area contributed by atoms with Crippen molar-refractivity contribution in [3.8, 4) is 12.3 Å². The van der Waals surface area contributed by atoms with E-state index in [1.54, 1.807) is 18.5 Å². The average molecular weight is 203 g/mol. The number of ether oxygens (including phenoxy) is 1. The molecule has 5 heteroatoms. The first-order valence-corrected chi connectivity index (χ1v) is 4.49. The molecule has 1 saturated heterocycles. The van der Waals surface area contributed by atoms with Gasteiger partial charge in [-0.1, -0.05) is 5.92 Å². The van der Waals surface area contributed by atoms with Crippen molar-refractivity contribution < 1.29 is 9.53 Å². The van der Waals surface area contributed by atoms with Crippen molar-refractivity contribution in [3.63, 3.8) is 0 Å². The second-order valence-corrected chi connectivity index (χ2v) is 2.98. The number of carbonyl (C=O) groups excluding carboxylic acids is 1. The van der Waals surface area contributed by atoms with Crippen LogP contribution in [-0.2, 0) is 4.74 Å². The molecule has 0 aromatic carbocycles. The predicted octanol–water partition coefficient (Wildman–Crippen LogP) is 0.603. The third-order valence-corrected chi connectivity index (χ3v) is 2.09. The standard InChI is InChI=1S/C10H9N3O2/c1-2-8(9-11-4-3-5-12-9)13-6-7-15-10(13)14/h1,3-5,8H,6-7H2. The van der Waals surface area contributed by atoms with E-state index >= 15 is 0 Å². The van der Waals surface area contributed by atoms with E-state index in [4.69, 9.17) is 11.2 Å². The molecule has 76 valence electrons. The van der Waals surface area contributed by atoms with Gasteiger partial charge in [0.2, 0.25) is 0 Å². The van der Waals surface area contributed by atoms with E-state index in [0.717, 1.165) is 0 Å². The summed E-state index contributed by atoms with van der Waals surface area (Å²) in [7, 11) is 0. The highest BCUT2D eigenvalue weighted by Gasteiger charge is 2.30. The van der Waals surface area contributed by atoms with Gasteiger partial charge in [0, 0.05) is 12.4 Å². The van der Waals surface area contributed by atoms with Crippen LogP contribution in [0.2, 0.25) is 0 Å². The number of hydrogen-bond acceptors (Lipinski definition) is 4. The molecule has 1 fully saturated rings. The molecular weight excluding hydrogens is 194 g/mol. The molecule has 1 unspecified atom stereocenters. The molecule has 1 aromatic rings. The van der Waals surface area contributed by atoms with Crippen LogP contribution >= 0.6 is 0 Å². The van der Waals surface area contributed by atoms with Crippen molar-refractivity contribution in [3.05, 3.63) is 24.3 Å². The SMILES string of the molecule is C#CC(c1ncccn1)N1CCOC1=O. The van der Waals surface area contributed by atoms with Crippen molar-refractivity contribution in [2.24, 2.45) is 0 Å². The second-order valence-electron chi connectivity index (χ2n) is 2.98. The van der Waals surface area contributed by atoms with Crippen molar-refractivity contribution in [2.75, 3.05) is 13.2 Å². The summed E-state index contributed by atoms with van der Waals surface area (Å²) in [5.74, 6) is 2.93. The number of carbonyl (C=O) groups is 1. The molecule has 0 radical (unpaired) electrons. The zero-order valence-corrected chi connectivity index (χ0v) is 7.96. The molecule has 2 heterocycles. The summed E-state index contributed by atoms with van der Waals surface area (Å²) in [6, 6.07) is 1.15. The van der Waals surface area contributed by atoms with E-state index in [-0.39, 0.29) is 0 Å². The van der Waals surface area contributed by atoms with Crippen LogP contribution in [0.3, 0.4) is 0 Å². The Bertz CT molecular complexity index is 399. The largest absolute Gasteiger partial charge is 0.447 e. The summed E-state index contributed by atoms with van der Waals surface area (Å²) < 4.78 is 4.81. The van der Waals surface area contributed by atoms with Gasteiger partial charge in [-0.25, -0.2) is 14.8 Å². The lowest BCUT2D eigenvalue weighted by Gasteiger charge is -2.18. The minimum absolute atomic E-state index is 0.365. The van der Waals surface area contributed by atoms with Crippen LogP contribution in [0.5, 0.6) is 0 Å². The molecule has 1 amide bonds. The first-order valence-electron chi connectivity index (χ1n) is 4.49. The molecule has 15 heavy (non-hydrogen) atoms. The first kappa shape index (κ1) is 9.46. The Hall–Kier alpha value is -2.09. The molecule has 0 aliphatic carbocycles. The Morgan fingerprint density at radius 1 is 1.53 bits per heavy atom. The highest BCUT2D eigenvalue weighted by Crippen LogP contribution is 2.19. The van der Waals surface area contributed by atoms with Crippen molar-refractivity contribution in [2.45, 2.75) is 6.04 Å². The third kappa shape index (κ3) is 1.74. The maximum Gasteiger partial charge on any atom is 0.411 e. The molecule has 1 atom stereocenters. The molecule has 1 aromatic heterocycles. The van der Waals surface area contributed by atoms with Gasteiger partial charge in [-0.3, -0.25) is 4.90 Å². The Morgan fingerprint density at radius 2 is 2.27 bits per heavy atom. The first-order chi connectivity index (χ1) is 7.33. The van der Waals surface area contributed by atoms with E-state index < -0.39 is 12.1 Å². The summed E-state index contributed by atoms with van der Waals surface area (Å²) in [5, 5.41) is 0. The van der Waals surface area contributed by atoms with Crippen LogP contribution in [-0.4, -0.2) is 34.1 Å². The van der Waals surface area contributed by atoms with Crippen LogP contribution in [0.4, 0.5) is 4.79 Å². The van der Waals surface area contributed by atoms with E-state index in [0.29, 0.717) is 19.0 Å². The smallest absolute Gasteiger partial charge is 0.411 e. The van der Waals surface area contributed by atoms with Crippen LogP contribution in [0, 0.1) is 12.3 Å². The second kappa shape index (κ2) is 3.96. The fourth-order valence-corrected chi connectivity index (χ4v) is 1.40. The Morgan fingerprint density at radius 3 is 2.80 bits per heavy atom. The van der Waals surface area contributed by atoms with Gasteiger partial charge in [-0.2, -0.15) is 0 Å². The lowest BCUT2D eigenvalue weighted by Crippen LogP contribution is -2.29. The van der Waals surface area contributed by atoms with Gasteiger partial charge in [0.05, 0.1) is 6.54 Å². The molecule has 0 saturated carbocycles. The van der Waals surface area contributed by atoms with Crippen LogP contribution in [0.1, 0.15) is 11.9 Å². The number of nitrogens with zero attached hydrogens (tertiary/aromatic N) is 3. The highest BCUT2D eigenvalue weighted by molar-refractivity contribution is 5.70. The van der Waals surface area contributed by atoms with Gasteiger partial charge in [0.25, 0.3) is 0 Å². The fraction of sp³-hybridized carbons (Fsp3) is 0.300. The molecule has 0 spiro atoms. The third-order valence-electron chi connectivity index (χ3n) is 2.09. The number of hydrogen-bond donors (Lipinski definition) is 0. The molecule has 2 rings (SSSR count). The monoisotopic (exact) mass is 203 g/mol. The minimum atomic E-state index is -0.541. The maximum atomic E-state index is 11.3. The zero-order chi connectivity index (χ0) is 10.7. The summed E-state index contributed by atoms with van der Waals surface area (Å²) >= 11 is 0. The minimum Gasteiger partial charge on any atom is -0.447 e. The summed E-state index contributed by atoms with van der Waals surface area (Å²) in [6.07, 6.45) is 8.14. The number of rotatable bonds is 2. The van der Waals surface area contributed by atoms with Gasteiger partial charge in [0.1, 0.15) is 6.61 Å². The Labute approximate surface area is 87.1 Å². The van der Waals surface area contributed by atoms with E-state index in [1.807, 2.05) is 0 Å². The molecule has 1 aliphatic rings. The molecule has 1 aliphatic heterocycles. The van der Waals surface area contributed by atoms with Crippen LogP contribution in [0.15, 0.2) is 18.5 Å². The van der Waals surface area contributed by atoms with E-state index in [2.05, 4.69) is 15.9 Å². The zero-order valence-electron chi connectivity index (χ0n) is 7.96. The van der Waals surface area contributed by atoms with Crippen molar-refractivity contribution >= 4 is 6.09 Å². The maximum absolute atomic E-state index is 11.3. The summed E-state index contributed by atoms with van der Waals surface area (Å²) in [5.41, 5.74) is 0. The topological polar surface area (TPSA) is 55.3 Å². The van der Waals surface area contributed by atoms with Gasteiger partial charge in [-0.15, -0.1) is 6.42 Å². The van der Waals surface area contributed by atoms with Crippen molar-refractivity contribution in [1.82, 2.24) is 14.9 Å². The number of cyclic esters (lactones) is 1. The molecule has 5 nitrogen and oxygen atoms in total. The van der Waals surface area contributed by atoms with Gasteiger partial charge in [0.15, 0.2) is 11.9 Å². The quantitative estimate of drug-likeness (QED) is 0.660. The van der Waals surface area contributed by atoms with Crippen molar-refractivity contribution in [1.29, 1.82) is 0 Å². The Kier molecular flexibility index (Phi) is 2.50. The van der Waals surface area contributed by atoms with Gasteiger partial charge in [-0.05, 0) is 6.07 Å².